The fourth-order valence-electron chi connectivity index (χ4n) is 1.96. The van der Waals surface area contributed by atoms with Gasteiger partial charge < -0.3 is 5.11 Å². The summed E-state index contributed by atoms with van der Waals surface area (Å²) in [7, 11) is 0. The van der Waals surface area contributed by atoms with Crippen molar-refractivity contribution in [2.75, 3.05) is 0 Å². The van der Waals surface area contributed by atoms with Crippen molar-refractivity contribution in [1.29, 1.82) is 0 Å². The molecule has 0 unspecified atom stereocenters. The Kier molecular flexibility index (Phi) is 14.8. The highest BCUT2D eigenvalue weighted by atomic mass is 16.4. The van der Waals surface area contributed by atoms with Gasteiger partial charge in [-0.25, -0.2) is 0 Å². The van der Waals surface area contributed by atoms with E-state index in [-0.39, 0.29) is 6.42 Å². The van der Waals surface area contributed by atoms with E-state index < -0.39 is 5.97 Å². The fraction of sp³-hybridized carbons (Fsp3) is 0.667. The second-order valence-electron chi connectivity index (χ2n) is 5.16. The molecule has 1 N–H and O–H groups in total. The first-order chi connectivity index (χ1) is 9.77. The Balaban J connectivity index is 3.32. The molecule has 0 aliphatic carbocycles. The van der Waals surface area contributed by atoms with E-state index >= 15 is 0 Å². The summed E-state index contributed by atoms with van der Waals surface area (Å²) in [5, 5.41) is 8.45. The Labute approximate surface area is 124 Å². The number of rotatable bonds is 13. The molecule has 0 amide bonds. The first kappa shape index (κ1) is 18.7. The minimum Gasteiger partial charge on any atom is -0.481 e. The minimum absolute atomic E-state index is 0.201. The van der Waals surface area contributed by atoms with Crippen molar-refractivity contribution in [3.63, 3.8) is 0 Å². The van der Waals surface area contributed by atoms with Crippen LogP contribution in [0.25, 0.3) is 0 Å². The van der Waals surface area contributed by atoms with Gasteiger partial charge >= 0.3 is 5.97 Å². The molecule has 0 aliphatic rings. The summed E-state index contributed by atoms with van der Waals surface area (Å²) in [4.78, 5) is 10.3. The van der Waals surface area contributed by atoms with Gasteiger partial charge in [-0.3, -0.25) is 4.79 Å². The van der Waals surface area contributed by atoms with E-state index in [2.05, 4.69) is 18.7 Å². The lowest BCUT2D eigenvalue weighted by atomic mass is 10.1. The maximum atomic E-state index is 10.3. The standard InChI is InChI=1S/C18H30O2/c1-2-3-4-5-6-7-8-9-10-11-12-13-14-15-16-17-18(19)20/h11,13-15H,2-10,16-17H2,1H3,(H,19,20)/b15-14+. The van der Waals surface area contributed by atoms with Crippen molar-refractivity contribution in [1.82, 2.24) is 0 Å². The van der Waals surface area contributed by atoms with Crippen LogP contribution in [0.15, 0.2) is 30.0 Å². The molecule has 0 radical (unpaired) electrons. The van der Waals surface area contributed by atoms with E-state index in [1.54, 1.807) is 0 Å². The van der Waals surface area contributed by atoms with E-state index in [4.69, 9.17) is 5.11 Å². The van der Waals surface area contributed by atoms with Crippen molar-refractivity contribution in [2.24, 2.45) is 0 Å². The lowest BCUT2D eigenvalue weighted by Gasteiger charge is -1.99. The summed E-state index contributed by atoms with van der Waals surface area (Å²) in [6.45, 7) is 2.25. The Hall–Kier alpha value is -1.27. The number of carboxylic acid groups (broad SMARTS) is 1. The van der Waals surface area contributed by atoms with E-state index in [9.17, 15) is 4.79 Å². The maximum Gasteiger partial charge on any atom is 0.303 e. The molecule has 114 valence electrons. The number of carbonyl (C=O) groups is 1. The first-order valence-electron chi connectivity index (χ1n) is 8.05. The lowest BCUT2D eigenvalue weighted by molar-refractivity contribution is -0.136. The third-order valence-corrected chi connectivity index (χ3v) is 3.17. The number of hydrogen-bond acceptors (Lipinski definition) is 1. The molecule has 0 spiro atoms. The molecular formula is C18H30O2. The fourth-order valence-corrected chi connectivity index (χ4v) is 1.96. The molecule has 0 saturated heterocycles. The summed E-state index contributed by atoms with van der Waals surface area (Å²) < 4.78 is 0. The molecule has 0 aromatic rings. The second kappa shape index (κ2) is 15.8. The molecule has 0 aromatic carbocycles. The quantitative estimate of drug-likeness (QED) is 0.268. The number of unbranched alkanes of at least 4 members (excludes halogenated alkanes) is 8. The van der Waals surface area contributed by atoms with E-state index in [1.165, 1.54) is 51.4 Å². The van der Waals surface area contributed by atoms with Crippen LogP contribution in [0.4, 0.5) is 0 Å². The highest BCUT2D eigenvalue weighted by Gasteiger charge is 1.91. The summed E-state index contributed by atoms with van der Waals surface area (Å²) in [6.07, 6.45) is 20.3. The highest BCUT2D eigenvalue weighted by molar-refractivity contribution is 5.66. The summed E-state index contributed by atoms with van der Waals surface area (Å²) in [6, 6.07) is 0. The van der Waals surface area contributed by atoms with Gasteiger partial charge in [0, 0.05) is 6.42 Å². The van der Waals surface area contributed by atoms with Crippen LogP contribution in [0.5, 0.6) is 0 Å². The van der Waals surface area contributed by atoms with E-state index in [1.807, 2.05) is 18.2 Å². The van der Waals surface area contributed by atoms with E-state index in [0.29, 0.717) is 6.42 Å². The molecule has 0 atom stereocenters. The molecule has 0 bridgehead atoms. The largest absolute Gasteiger partial charge is 0.481 e. The van der Waals surface area contributed by atoms with Gasteiger partial charge in [-0.2, -0.15) is 0 Å². The van der Waals surface area contributed by atoms with Crippen LogP contribution in [0.1, 0.15) is 77.6 Å². The van der Waals surface area contributed by atoms with Crippen LogP contribution in [-0.2, 0) is 4.79 Å². The lowest BCUT2D eigenvalue weighted by Crippen LogP contribution is -1.91. The van der Waals surface area contributed by atoms with Crippen molar-refractivity contribution >= 4 is 5.97 Å². The molecule has 2 heteroatoms. The second-order valence-corrected chi connectivity index (χ2v) is 5.16. The zero-order valence-corrected chi connectivity index (χ0v) is 12.9. The third-order valence-electron chi connectivity index (χ3n) is 3.17. The Morgan fingerprint density at radius 1 is 1.00 bits per heavy atom. The molecule has 20 heavy (non-hydrogen) atoms. The van der Waals surface area contributed by atoms with Gasteiger partial charge in [0.05, 0.1) is 0 Å². The van der Waals surface area contributed by atoms with Gasteiger partial charge in [-0.15, -0.1) is 5.73 Å². The SMILES string of the molecule is CCCCCCCCCCC=C=C/C=C/CCC(=O)O. The van der Waals surface area contributed by atoms with Crippen LogP contribution >= 0.6 is 0 Å². The predicted molar refractivity (Wildman–Crippen MR) is 85.9 cm³/mol. The molecule has 0 fully saturated rings. The molecule has 0 aromatic heterocycles. The number of hydrogen-bond donors (Lipinski definition) is 1. The highest BCUT2D eigenvalue weighted by Crippen LogP contribution is 2.09. The van der Waals surface area contributed by atoms with Gasteiger partial charge in [-0.1, -0.05) is 64.0 Å². The minimum atomic E-state index is -0.746. The molecule has 0 aliphatic heterocycles. The molecule has 0 heterocycles. The zero-order chi connectivity index (χ0) is 14.9. The average Bonchev–Trinajstić information content (AvgIpc) is 2.43. The van der Waals surface area contributed by atoms with Crippen LogP contribution in [0, 0.1) is 0 Å². The topological polar surface area (TPSA) is 37.3 Å². The predicted octanol–water partition coefficient (Wildman–Crippen LogP) is 5.65. The van der Waals surface area contributed by atoms with Crippen LogP contribution in [-0.4, -0.2) is 11.1 Å². The average molecular weight is 278 g/mol. The van der Waals surface area contributed by atoms with Gasteiger partial charge in [0.1, 0.15) is 0 Å². The van der Waals surface area contributed by atoms with Crippen LogP contribution in [0.3, 0.4) is 0 Å². The summed E-state index contributed by atoms with van der Waals surface area (Å²) in [5.74, 6) is -0.746. The van der Waals surface area contributed by atoms with Gasteiger partial charge in [0.2, 0.25) is 0 Å². The van der Waals surface area contributed by atoms with Gasteiger partial charge in [0.25, 0.3) is 0 Å². The van der Waals surface area contributed by atoms with Crippen molar-refractivity contribution in [3.05, 3.63) is 30.0 Å². The Bertz CT molecular complexity index is 309. The van der Waals surface area contributed by atoms with Crippen LogP contribution in [0.2, 0.25) is 0 Å². The number of aliphatic carboxylic acids is 1. The van der Waals surface area contributed by atoms with Gasteiger partial charge in [0.15, 0.2) is 0 Å². The van der Waals surface area contributed by atoms with Crippen LogP contribution < -0.4 is 0 Å². The van der Waals surface area contributed by atoms with Crippen molar-refractivity contribution in [3.8, 4) is 0 Å². The summed E-state index contributed by atoms with van der Waals surface area (Å²) in [5.41, 5.74) is 3.11. The molecule has 2 nitrogen and oxygen atoms in total. The smallest absolute Gasteiger partial charge is 0.303 e. The molecule has 0 saturated carbocycles. The first-order valence-corrected chi connectivity index (χ1v) is 8.05. The third kappa shape index (κ3) is 16.7. The Morgan fingerprint density at radius 2 is 1.65 bits per heavy atom. The van der Waals surface area contributed by atoms with Crippen molar-refractivity contribution < 1.29 is 9.90 Å². The number of carboxylic acids is 1. The monoisotopic (exact) mass is 278 g/mol. The maximum absolute atomic E-state index is 10.3. The normalized spacial score (nSPS) is 10.4. The van der Waals surface area contributed by atoms with E-state index in [0.717, 1.165) is 6.42 Å². The molecular weight excluding hydrogens is 248 g/mol. The zero-order valence-electron chi connectivity index (χ0n) is 12.9. The Morgan fingerprint density at radius 3 is 2.30 bits per heavy atom. The number of allylic oxidation sites excluding steroid dienone is 3. The molecule has 0 rings (SSSR count). The summed E-state index contributed by atoms with van der Waals surface area (Å²) >= 11 is 0. The van der Waals surface area contributed by atoms with Gasteiger partial charge in [-0.05, 0) is 31.4 Å². The van der Waals surface area contributed by atoms with Crippen molar-refractivity contribution in [2.45, 2.75) is 77.6 Å².